The molecule has 2 rings (SSSR count). The largest absolute Gasteiger partial charge is 0.444 e. The molecule has 1 saturated heterocycles. The second kappa shape index (κ2) is 7.55. The lowest BCUT2D eigenvalue weighted by Crippen LogP contribution is -2.50. The lowest BCUT2D eigenvalue weighted by molar-refractivity contribution is -0.0498. The number of rotatable bonds is 3. The third-order valence-electron chi connectivity index (χ3n) is 3.54. The van der Waals surface area contributed by atoms with Gasteiger partial charge in [0.25, 0.3) is 0 Å². The summed E-state index contributed by atoms with van der Waals surface area (Å²) in [6.45, 7) is 4.35. The van der Waals surface area contributed by atoms with Gasteiger partial charge in [-0.25, -0.2) is 4.79 Å². The molecule has 1 aliphatic heterocycles. The smallest absolute Gasteiger partial charge is 0.410 e. The number of ether oxygens (including phenoxy) is 2. The number of nitrogens with zero attached hydrogens (tertiary/aromatic N) is 3. The SMILES string of the molecule is CC(C)(C)OC(=O)N1CCN(c2cc(C#N)cc(OC(F)F)c2)CC1. The maximum atomic E-state index is 12.4. The first-order valence-corrected chi connectivity index (χ1v) is 7.91. The predicted molar refractivity (Wildman–Crippen MR) is 87.8 cm³/mol. The van der Waals surface area contributed by atoms with Crippen LogP contribution in [0.25, 0.3) is 0 Å². The Labute approximate surface area is 145 Å². The number of hydrogen-bond donors (Lipinski definition) is 0. The van der Waals surface area contributed by atoms with Gasteiger partial charge in [0, 0.05) is 37.9 Å². The van der Waals surface area contributed by atoms with Crippen molar-refractivity contribution in [3.63, 3.8) is 0 Å². The van der Waals surface area contributed by atoms with Crippen molar-refractivity contribution in [3.8, 4) is 11.8 Å². The first-order valence-electron chi connectivity index (χ1n) is 7.91. The van der Waals surface area contributed by atoms with E-state index in [-0.39, 0.29) is 17.4 Å². The molecule has 0 aromatic heterocycles. The van der Waals surface area contributed by atoms with E-state index in [0.717, 1.165) is 0 Å². The fourth-order valence-corrected chi connectivity index (χ4v) is 2.48. The molecule has 8 heteroatoms. The van der Waals surface area contributed by atoms with Crippen LogP contribution >= 0.6 is 0 Å². The van der Waals surface area contributed by atoms with E-state index in [1.165, 1.54) is 12.1 Å². The highest BCUT2D eigenvalue weighted by atomic mass is 19.3. The number of carbonyl (C=O) groups excluding carboxylic acids is 1. The number of amides is 1. The minimum Gasteiger partial charge on any atom is -0.444 e. The van der Waals surface area contributed by atoms with Crippen LogP contribution in [0.15, 0.2) is 18.2 Å². The molecule has 0 N–H and O–H groups in total. The van der Waals surface area contributed by atoms with Crippen molar-refractivity contribution in [2.75, 3.05) is 31.1 Å². The molecule has 1 aliphatic rings. The van der Waals surface area contributed by atoms with Gasteiger partial charge in [0.15, 0.2) is 0 Å². The summed E-state index contributed by atoms with van der Waals surface area (Å²) in [7, 11) is 0. The number of hydrogen-bond acceptors (Lipinski definition) is 5. The van der Waals surface area contributed by atoms with E-state index in [2.05, 4.69) is 4.74 Å². The standard InChI is InChI=1S/C17H21F2N3O3/c1-17(2,3)25-16(23)22-6-4-21(5-7-22)13-8-12(11-20)9-14(10-13)24-15(18)19/h8-10,15H,4-7H2,1-3H3. The monoisotopic (exact) mass is 353 g/mol. The number of carbonyl (C=O) groups is 1. The summed E-state index contributed by atoms with van der Waals surface area (Å²) < 4.78 is 34.6. The molecule has 0 atom stereocenters. The number of anilines is 1. The van der Waals surface area contributed by atoms with Crippen LogP contribution < -0.4 is 9.64 Å². The van der Waals surface area contributed by atoms with Crippen molar-refractivity contribution >= 4 is 11.8 Å². The zero-order valence-corrected chi connectivity index (χ0v) is 14.5. The molecule has 1 amide bonds. The molecule has 0 spiro atoms. The number of benzene rings is 1. The van der Waals surface area contributed by atoms with Crippen LogP contribution in [-0.2, 0) is 4.74 Å². The molecule has 1 fully saturated rings. The molecule has 1 heterocycles. The van der Waals surface area contributed by atoms with Crippen LogP contribution in [0.4, 0.5) is 19.3 Å². The van der Waals surface area contributed by atoms with Gasteiger partial charge < -0.3 is 19.3 Å². The Bertz CT molecular complexity index is 660. The van der Waals surface area contributed by atoms with Gasteiger partial charge in [0.1, 0.15) is 11.4 Å². The van der Waals surface area contributed by atoms with Crippen LogP contribution in [0.1, 0.15) is 26.3 Å². The fraction of sp³-hybridized carbons (Fsp3) is 0.529. The second-order valence-corrected chi connectivity index (χ2v) is 6.66. The van der Waals surface area contributed by atoms with Gasteiger partial charge in [-0.2, -0.15) is 14.0 Å². The number of nitriles is 1. The Morgan fingerprint density at radius 3 is 2.36 bits per heavy atom. The summed E-state index contributed by atoms with van der Waals surface area (Å²) in [6, 6.07) is 6.29. The molecule has 25 heavy (non-hydrogen) atoms. The third-order valence-corrected chi connectivity index (χ3v) is 3.54. The van der Waals surface area contributed by atoms with E-state index < -0.39 is 12.2 Å². The van der Waals surface area contributed by atoms with E-state index in [9.17, 15) is 13.6 Å². The molecule has 1 aromatic rings. The Balaban J connectivity index is 2.05. The molecule has 1 aromatic carbocycles. The second-order valence-electron chi connectivity index (χ2n) is 6.66. The molecule has 0 radical (unpaired) electrons. The van der Waals surface area contributed by atoms with E-state index in [1.807, 2.05) is 11.0 Å². The van der Waals surface area contributed by atoms with Crippen LogP contribution in [0.3, 0.4) is 0 Å². The van der Waals surface area contributed by atoms with Crippen LogP contribution in [0.2, 0.25) is 0 Å². The Kier molecular flexibility index (Phi) is 5.67. The van der Waals surface area contributed by atoms with Crippen LogP contribution in [-0.4, -0.2) is 49.4 Å². The van der Waals surface area contributed by atoms with Crippen LogP contribution in [0, 0.1) is 11.3 Å². The molecule has 0 saturated carbocycles. The van der Waals surface area contributed by atoms with Gasteiger partial charge >= 0.3 is 12.7 Å². The van der Waals surface area contributed by atoms with Gasteiger partial charge in [0.05, 0.1) is 11.6 Å². The van der Waals surface area contributed by atoms with Crippen molar-refractivity contribution in [2.24, 2.45) is 0 Å². The van der Waals surface area contributed by atoms with Crippen molar-refractivity contribution < 1.29 is 23.0 Å². The quantitative estimate of drug-likeness (QED) is 0.835. The summed E-state index contributed by atoms with van der Waals surface area (Å²) in [5.41, 5.74) is 0.290. The zero-order valence-electron chi connectivity index (χ0n) is 14.5. The molecule has 0 unspecified atom stereocenters. The maximum absolute atomic E-state index is 12.4. The number of alkyl halides is 2. The van der Waals surface area contributed by atoms with E-state index in [0.29, 0.717) is 31.9 Å². The highest BCUT2D eigenvalue weighted by molar-refractivity contribution is 5.68. The first-order chi connectivity index (χ1) is 11.7. The lowest BCUT2D eigenvalue weighted by Gasteiger charge is -2.36. The zero-order chi connectivity index (χ0) is 18.6. The average molecular weight is 353 g/mol. The Morgan fingerprint density at radius 1 is 1.20 bits per heavy atom. The summed E-state index contributed by atoms with van der Waals surface area (Å²) in [5, 5.41) is 9.06. The number of halogens is 2. The maximum Gasteiger partial charge on any atom is 0.410 e. The van der Waals surface area contributed by atoms with Crippen molar-refractivity contribution in [3.05, 3.63) is 23.8 Å². The summed E-state index contributed by atoms with van der Waals surface area (Å²) >= 11 is 0. The topological polar surface area (TPSA) is 65.8 Å². The minimum absolute atomic E-state index is 0.0568. The van der Waals surface area contributed by atoms with E-state index in [1.54, 1.807) is 31.7 Å². The van der Waals surface area contributed by atoms with Gasteiger partial charge in [-0.15, -0.1) is 0 Å². The van der Waals surface area contributed by atoms with Crippen molar-refractivity contribution in [2.45, 2.75) is 33.0 Å². The first kappa shape index (κ1) is 18.8. The van der Waals surface area contributed by atoms with Gasteiger partial charge in [0.2, 0.25) is 0 Å². The van der Waals surface area contributed by atoms with Gasteiger partial charge in [-0.05, 0) is 32.9 Å². The van der Waals surface area contributed by atoms with E-state index in [4.69, 9.17) is 10.00 Å². The molecular weight excluding hydrogens is 332 g/mol. The summed E-state index contributed by atoms with van der Waals surface area (Å²) in [4.78, 5) is 15.6. The average Bonchev–Trinajstić information content (AvgIpc) is 2.52. The number of piperazine rings is 1. The van der Waals surface area contributed by atoms with E-state index >= 15 is 0 Å². The normalized spacial score (nSPS) is 15.1. The van der Waals surface area contributed by atoms with Gasteiger partial charge in [-0.3, -0.25) is 0 Å². The van der Waals surface area contributed by atoms with Gasteiger partial charge in [-0.1, -0.05) is 0 Å². The molecule has 6 nitrogen and oxygen atoms in total. The predicted octanol–water partition coefficient (Wildman–Crippen LogP) is 3.22. The molecule has 0 aliphatic carbocycles. The molecular formula is C17H21F2N3O3. The third kappa shape index (κ3) is 5.48. The Morgan fingerprint density at radius 2 is 1.84 bits per heavy atom. The molecule has 136 valence electrons. The minimum atomic E-state index is -2.95. The highest BCUT2D eigenvalue weighted by Crippen LogP contribution is 2.26. The lowest BCUT2D eigenvalue weighted by atomic mass is 10.1. The van der Waals surface area contributed by atoms with Crippen LogP contribution in [0.5, 0.6) is 5.75 Å². The summed E-state index contributed by atoms with van der Waals surface area (Å²) in [5.74, 6) is -0.0568. The fourth-order valence-electron chi connectivity index (χ4n) is 2.48. The van der Waals surface area contributed by atoms with Crippen molar-refractivity contribution in [1.82, 2.24) is 4.90 Å². The Hall–Kier alpha value is -2.56. The molecule has 0 bridgehead atoms. The highest BCUT2D eigenvalue weighted by Gasteiger charge is 2.26. The summed E-state index contributed by atoms with van der Waals surface area (Å²) in [6.07, 6.45) is -0.375. The van der Waals surface area contributed by atoms with Crippen molar-refractivity contribution in [1.29, 1.82) is 5.26 Å².